The van der Waals surface area contributed by atoms with Gasteiger partial charge >= 0.3 is 0 Å². The Labute approximate surface area is 175 Å². The lowest BCUT2D eigenvalue weighted by atomic mass is 10.0. The molecule has 1 aromatic rings. The summed E-state index contributed by atoms with van der Waals surface area (Å²) in [6.07, 6.45) is 4.72. The third kappa shape index (κ3) is 5.80. The maximum Gasteiger partial charge on any atom is 0.244 e. The molecule has 2 aliphatic rings. The van der Waals surface area contributed by atoms with E-state index in [2.05, 4.69) is 16.7 Å². The topological polar surface area (TPSA) is 47.1 Å². The summed E-state index contributed by atoms with van der Waals surface area (Å²) in [6.45, 7) is 8.09. The third-order valence-electron chi connectivity index (χ3n) is 6.29. The lowest BCUT2D eigenvalue weighted by Crippen LogP contribution is -2.53. The first kappa shape index (κ1) is 21.8. The molecule has 29 heavy (non-hydrogen) atoms. The number of likely N-dealkylation sites (tertiary alicyclic amines) is 1. The summed E-state index contributed by atoms with van der Waals surface area (Å²) in [5, 5.41) is 0. The van der Waals surface area contributed by atoms with E-state index < -0.39 is 0 Å². The molecular formula is C23H36N4O2. The minimum absolute atomic E-state index is 0.166. The highest BCUT2D eigenvalue weighted by Crippen LogP contribution is 2.22. The highest BCUT2D eigenvalue weighted by atomic mass is 16.2. The van der Waals surface area contributed by atoms with Crippen LogP contribution in [0.1, 0.15) is 44.2 Å². The Hall–Kier alpha value is -1.92. The molecule has 1 unspecified atom stereocenters. The Kier molecular flexibility index (Phi) is 8.07. The SMILES string of the molecule is CCN(C)C(C(=O)N1CCN(CC(=O)N2CCCCCC2)CC1)c1ccccc1. The Bertz CT molecular complexity index is 650. The molecule has 0 aliphatic carbocycles. The van der Waals surface area contributed by atoms with Gasteiger partial charge < -0.3 is 9.80 Å². The number of benzene rings is 1. The first-order valence-corrected chi connectivity index (χ1v) is 11.1. The van der Waals surface area contributed by atoms with Gasteiger partial charge in [0.05, 0.1) is 6.54 Å². The van der Waals surface area contributed by atoms with Gasteiger partial charge in [0.1, 0.15) is 6.04 Å². The minimum Gasteiger partial charge on any atom is -0.342 e. The van der Waals surface area contributed by atoms with Gasteiger partial charge in [-0.15, -0.1) is 0 Å². The zero-order valence-electron chi connectivity index (χ0n) is 18.1. The molecule has 3 rings (SSSR count). The highest BCUT2D eigenvalue weighted by molar-refractivity contribution is 5.83. The zero-order valence-corrected chi connectivity index (χ0v) is 18.1. The fraction of sp³-hybridized carbons (Fsp3) is 0.652. The fourth-order valence-electron chi connectivity index (χ4n) is 4.31. The first-order valence-electron chi connectivity index (χ1n) is 11.1. The number of likely N-dealkylation sites (N-methyl/N-ethyl adjacent to an activating group) is 1. The van der Waals surface area contributed by atoms with Crippen molar-refractivity contribution in [3.8, 4) is 0 Å². The maximum absolute atomic E-state index is 13.3. The predicted molar refractivity (Wildman–Crippen MR) is 116 cm³/mol. The van der Waals surface area contributed by atoms with Crippen LogP contribution < -0.4 is 0 Å². The number of amides is 2. The van der Waals surface area contributed by atoms with Crippen molar-refractivity contribution in [2.45, 2.75) is 38.6 Å². The smallest absolute Gasteiger partial charge is 0.244 e. The van der Waals surface area contributed by atoms with Crippen LogP contribution in [0.5, 0.6) is 0 Å². The van der Waals surface area contributed by atoms with Gasteiger partial charge in [0, 0.05) is 39.3 Å². The highest BCUT2D eigenvalue weighted by Gasteiger charge is 2.31. The summed E-state index contributed by atoms with van der Waals surface area (Å²) in [5.74, 6) is 0.415. The van der Waals surface area contributed by atoms with Crippen LogP contribution in [0, 0.1) is 0 Å². The summed E-state index contributed by atoms with van der Waals surface area (Å²) in [6, 6.07) is 9.79. The molecule has 2 fully saturated rings. The molecule has 2 aliphatic heterocycles. The number of carbonyl (C=O) groups is 2. The van der Waals surface area contributed by atoms with Crippen molar-refractivity contribution in [1.29, 1.82) is 0 Å². The van der Waals surface area contributed by atoms with Gasteiger partial charge in [-0.2, -0.15) is 0 Å². The summed E-state index contributed by atoms with van der Waals surface area (Å²) in [4.78, 5) is 34.3. The molecule has 1 atom stereocenters. The van der Waals surface area contributed by atoms with Crippen molar-refractivity contribution < 1.29 is 9.59 Å². The maximum atomic E-state index is 13.3. The molecule has 2 saturated heterocycles. The van der Waals surface area contributed by atoms with Crippen LogP contribution in [-0.2, 0) is 9.59 Å². The molecular weight excluding hydrogens is 364 g/mol. The molecule has 2 amide bonds. The second kappa shape index (κ2) is 10.7. The van der Waals surface area contributed by atoms with E-state index in [4.69, 9.17) is 0 Å². The normalized spacial score (nSPS) is 19.8. The molecule has 0 bridgehead atoms. The lowest BCUT2D eigenvalue weighted by Gasteiger charge is -2.38. The van der Waals surface area contributed by atoms with E-state index in [1.165, 1.54) is 12.8 Å². The molecule has 0 spiro atoms. The van der Waals surface area contributed by atoms with Crippen molar-refractivity contribution in [1.82, 2.24) is 19.6 Å². The molecule has 0 radical (unpaired) electrons. The number of hydrogen-bond donors (Lipinski definition) is 0. The third-order valence-corrected chi connectivity index (χ3v) is 6.29. The van der Waals surface area contributed by atoms with Crippen LogP contribution in [0.2, 0.25) is 0 Å². The van der Waals surface area contributed by atoms with Crippen molar-refractivity contribution in [3.05, 3.63) is 35.9 Å². The van der Waals surface area contributed by atoms with Gasteiger partial charge in [-0.25, -0.2) is 0 Å². The van der Waals surface area contributed by atoms with Crippen molar-refractivity contribution in [2.75, 3.05) is 59.4 Å². The Morgan fingerprint density at radius 3 is 2.10 bits per heavy atom. The van der Waals surface area contributed by atoms with Crippen LogP contribution in [-0.4, -0.2) is 90.8 Å². The first-order chi connectivity index (χ1) is 14.1. The Balaban J connectivity index is 1.54. The van der Waals surface area contributed by atoms with Gasteiger partial charge in [0.15, 0.2) is 0 Å². The number of piperazine rings is 1. The molecule has 6 heteroatoms. The average molecular weight is 401 g/mol. The molecule has 2 heterocycles. The predicted octanol–water partition coefficient (Wildman–Crippen LogP) is 2.23. The van der Waals surface area contributed by atoms with Gasteiger partial charge in [0.25, 0.3) is 0 Å². The average Bonchev–Trinajstić information content (AvgIpc) is 3.04. The van der Waals surface area contributed by atoms with Gasteiger partial charge in [-0.3, -0.25) is 19.4 Å². The lowest BCUT2D eigenvalue weighted by molar-refractivity contribution is -0.139. The number of carbonyl (C=O) groups excluding carboxylic acids is 2. The molecule has 1 aromatic carbocycles. The van der Waals surface area contributed by atoms with Gasteiger partial charge in [-0.05, 0) is 32.0 Å². The van der Waals surface area contributed by atoms with Crippen LogP contribution in [0.25, 0.3) is 0 Å². The quantitative estimate of drug-likeness (QED) is 0.735. The van der Waals surface area contributed by atoms with E-state index in [-0.39, 0.29) is 17.9 Å². The molecule has 0 saturated carbocycles. The van der Waals surface area contributed by atoms with Crippen molar-refractivity contribution in [2.24, 2.45) is 0 Å². The van der Waals surface area contributed by atoms with Crippen molar-refractivity contribution >= 4 is 11.8 Å². The van der Waals surface area contributed by atoms with Crippen LogP contribution >= 0.6 is 0 Å². The van der Waals surface area contributed by atoms with E-state index in [0.717, 1.165) is 51.1 Å². The second-order valence-electron chi connectivity index (χ2n) is 8.28. The van der Waals surface area contributed by atoms with Crippen LogP contribution in [0.4, 0.5) is 0 Å². The standard InChI is InChI=1S/C23H36N4O2/c1-3-24(2)22(20-11-7-6-8-12-20)23(29)27-17-15-25(16-18-27)19-21(28)26-13-9-4-5-10-14-26/h6-8,11-12,22H,3-5,9-10,13-19H2,1-2H3. The Morgan fingerprint density at radius 1 is 0.897 bits per heavy atom. The Morgan fingerprint density at radius 2 is 1.52 bits per heavy atom. The number of nitrogens with zero attached hydrogens (tertiary/aromatic N) is 4. The molecule has 160 valence electrons. The van der Waals surface area contributed by atoms with Gasteiger partial charge in [0.2, 0.25) is 11.8 Å². The molecule has 0 aromatic heterocycles. The summed E-state index contributed by atoms with van der Waals surface area (Å²) < 4.78 is 0. The van der Waals surface area contributed by atoms with E-state index >= 15 is 0 Å². The molecule has 0 N–H and O–H groups in total. The summed E-state index contributed by atoms with van der Waals surface area (Å²) in [7, 11) is 2.01. The summed E-state index contributed by atoms with van der Waals surface area (Å²) in [5.41, 5.74) is 1.04. The monoisotopic (exact) mass is 400 g/mol. The van der Waals surface area contributed by atoms with E-state index in [1.807, 2.05) is 47.2 Å². The second-order valence-corrected chi connectivity index (χ2v) is 8.28. The number of rotatable bonds is 6. The van der Waals surface area contributed by atoms with Crippen molar-refractivity contribution in [3.63, 3.8) is 0 Å². The fourth-order valence-corrected chi connectivity index (χ4v) is 4.31. The number of hydrogen-bond acceptors (Lipinski definition) is 4. The van der Waals surface area contributed by atoms with Gasteiger partial charge in [-0.1, -0.05) is 50.1 Å². The summed E-state index contributed by atoms with van der Waals surface area (Å²) >= 11 is 0. The molecule has 6 nitrogen and oxygen atoms in total. The van der Waals surface area contributed by atoms with Crippen LogP contribution in [0.15, 0.2) is 30.3 Å². The van der Waals surface area contributed by atoms with E-state index in [9.17, 15) is 9.59 Å². The largest absolute Gasteiger partial charge is 0.342 e. The zero-order chi connectivity index (χ0) is 20.6. The van der Waals surface area contributed by atoms with E-state index in [0.29, 0.717) is 19.6 Å². The minimum atomic E-state index is -0.244. The van der Waals surface area contributed by atoms with Crippen LogP contribution in [0.3, 0.4) is 0 Å². The van der Waals surface area contributed by atoms with E-state index in [1.54, 1.807) is 0 Å².